The maximum absolute atomic E-state index is 12.4. The molecule has 0 aliphatic heterocycles. The minimum Gasteiger partial charge on any atom is -0.408 e. The van der Waals surface area contributed by atoms with Crippen molar-refractivity contribution in [1.82, 2.24) is 19.7 Å². The molecule has 0 atom stereocenters. The molecule has 0 fully saturated rings. The maximum atomic E-state index is 12.4. The van der Waals surface area contributed by atoms with Crippen LogP contribution in [0.1, 0.15) is 21.1 Å². The molecular formula is C17H14N4O3S2. The first-order valence-corrected chi connectivity index (χ1v) is 9.66. The van der Waals surface area contributed by atoms with E-state index in [4.69, 9.17) is 4.42 Å². The van der Waals surface area contributed by atoms with E-state index in [1.54, 1.807) is 29.5 Å². The van der Waals surface area contributed by atoms with Crippen LogP contribution >= 0.6 is 23.1 Å². The number of aromatic nitrogens is 4. The summed E-state index contributed by atoms with van der Waals surface area (Å²) in [6.45, 7) is 0. The number of fused-ring (bicyclic) bond motifs is 1. The molecular weight excluding hydrogens is 372 g/mol. The molecule has 0 spiro atoms. The summed E-state index contributed by atoms with van der Waals surface area (Å²) < 4.78 is 6.91. The largest absolute Gasteiger partial charge is 0.417 e. The fourth-order valence-electron chi connectivity index (χ4n) is 2.53. The molecule has 4 aromatic rings. The van der Waals surface area contributed by atoms with E-state index in [0.29, 0.717) is 21.8 Å². The monoisotopic (exact) mass is 386 g/mol. The number of rotatable bonds is 6. The topological polar surface area (TPSA) is 93.8 Å². The fraction of sp³-hybridized carbons (Fsp3) is 0.176. The average molecular weight is 386 g/mol. The molecule has 0 amide bonds. The van der Waals surface area contributed by atoms with Gasteiger partial charge in [0.25, 0.3) is 0 Å². The summed E-state index contributed by atoms with van der Waals surface area (Å²) in [5.41, 5.74) is 1.45. The summed E-state index contributed by atoms with van der Waals surface area (Å²) >= 11 is 3.02. The Morgan fingerprint density at radius 1 is 1.35 bits per heavy atom. The molecule has 3 heterocycles. The Morgan fingerprint density at radius 3 is 3.04 bits per heavy atom. The Hall–Kier alpha value is -2.65. The standard InChI is InChI=1S/C17H14N4O3S2/c1-21-15(8-11-3-2-6-25-11)19-20-16(21)26-9-13(22)10-4-5-12-14(7-10)24-17(23)18-12/h2-7H,8-9H2,1H3,(H,18,23). The normalized spacial score (nSPS) is 11.3. The molecule has 4 rings (SSSR count). The third-order valence-corrected chi connectivity index (χ3v) is 5.81. The van der Waals surface area contributed by atoms with E-state index < -0.39 is 5.76 Å². The smallest absolute Gasteiger partial charge is 0.408 e. The second kappa shape index (κ2) is 6.93. The molecule has 0 bridgehead atoms. The lowest BCUT2D eigenvalue weighted by molar-refractivity contribution is 0.102. The number of carbonyl (C=O) groups excluding carboxylic acids is 1. The average Bonchev–Trinajstić information content (AvgIpc) is 3.34. The van der Waals surface area contributed by atoms with Crippen LogP contribution in [0, 0.1) is 0 Å². The Labute approximate surface area is 156 Å². The molecule has 132 valence electrons. The summed E-state index contributed by atoms with van der Waals surface area (Å²) in [6.07, 6.45) is 0.721. The highest BCUT2D eigenvalue weighted by molar-refractivity contribution is 7.99. The number of oxazole rings is 1. The van der Waals surface area contributed by atoms with Crippen molar-refractivity contribution in [2.45, 2.75) is 11.6 Å². The van der Waals surface area contributed by atoms with Crippen LogP contribution in [0.5, 0.6) is 0 Å². The van der Waals surface area contributed by atoms with Gasteiger partial charge in [-0.2, -0.15) is 0 Å². The first-order valence-electron chi connectivity index (χ1n) is 7.79. The highest BCUT2D eigenvalue weighted by Gasteiger charge is 2.14. The minimum atomic E-state index is -0.531. The zero-order valence-corrected chi connectivity index (χ0v) is 15.4. The Morgan fingerprint density at radius 2 is 2.23 bits per heavy atom. The number of nitrogens with zero attached hydrogens (tertiary/aromatic N) is 3. The number of H-pyrrole nitrogens is 1. The van der Waals surface area contributed by atoms with E-state index in [2.05, 4.69) is 21.2 Å². The fourth-order valence-corrected chi connectivity index (χ4v) is 4.05. The lowest BCUT2D eigenvalue weighted by atomic mass is 10.1. The molecule has 3 aromatic heterocycles. The maximum Gasteiger partial charge on any atom is 0.417 e. The number of hydrogen-bond donors (Lipinski definition) is 1. The van der Waals surface area contributed by atoms with Crippen molar-refractivity contribution in [2.75, 3.05) is 5.75 Å². The van der Waals surface area contributed by atoms with Crippen LogP contribution in [-0.4, -0.2) is 31.3 Å². The zero-order chi connectivity index (χ0) is 18.1. The van der Waals surface area contributed by atoms with E-state index in [0.717, 1.165) is 12.2 Å². The van der Waals surface area contributed by atoms with Crippen molar-refractivity contribution >= 4 is 40.0 Å². The molecule has 7 nitrogen and oxygen atoms in total. The van der Waals surface area contributed by atoms with Crippen LogP contribution in [0.3, 0.4) is 0 Å². The van der Waals surface area contributed by atoms with Gasteiger partial charge in [-0.25, -0.2) is 4.79 Å². The van der Waals surface area contributed by atoms with E-state index in [-0.39, 0.29) is 11.5 Å². The number of Topliss-reactive ketones (excluding diaryl/α,β-unsaturated/α-hetero) is 1. The van der Waals surface area contributed by atoms with E-state index in [9.17, 15) is 9.59 Å². The van der Waals surface area contributed by atoms with Gasteiger partial charge in [-0.1, -0.05) is 17.8 Å². The van der Waals surface area contributed by atoms with Crippen LogP contribution in [0.4, 0.5) is 0 Å². The van der Waals surface area contributed by atoms with Crippen molar-refractivity contribution in [3.63, 3.8) is 0 Å². The highest BCUT2D eigenvalue weighted by atomic mass is 32.2. The number of ketones is 1. The Kier molecular flexibility index (Phi) is 4.48. The lowest BCUT2D eigenvalue weighted by Crippen LogP contribution is -2.04. The van der Waals surface area contributed by atoms with Crippen molar-refractivity contribution in [1.29, 1.82) is 0 Å². The van der Waals surface area contributed by atoms with Gasteiger partial charge in [0.05, 0.1) is 11.3 Å². The van der Waals surface area contributed by atoms with Crippen LogP contribution in [0.25, 0.3) is 11.1 Å². The Bertz CT molecular complexity index is 1120. The number of aromatic amines is 1. The van der Waals surface area contributed by atoms with Crippen LogP contribution < -0.4 is 5.76 Å². The van der Waals surface area contributed by atoms with Gasteiger partial charge < -0.3 is 8.98 Å². The summed E-state index contributed by atoms with van der Waals surface area (Å²) in [7, 11) is 1.90. The number of benzene rings is 1. The number of carbonyl (C=O) groups is 1. The van der Waals surface area contributed by atoms with Gasteiger partial charge in [0.2, 0.25) is 0 Å². The van der Waals surface area contributed by atoms with E-state index in [1.165, 1.54) is 16.6 Å². The number of thiophene rings is 1. The van der Waals surface area contributed by atoms with Crippen molar-refractivity contribution in [3.8, 4) is 0 Å². The molecule has 0 aliphatic carbocycles. The van der Waals surface area contributed by atoms with Gasteiger partial charge in [-0.05, 0) is 29.6 Å². The van der Waals surface area contributed by atoms with Crippen LogP contribution in [-0.2, 0) is 13.5 Å². The number of hydrogen-bond acceptors (Lipinski definition) is 7. The molecule has 0 aliphatic rings. The van der Waals surface area contributed by atoms with Gasteiger partial charge in [0.15, 0.2) is 16.5 Å². The van der Waals surface area contributed by atoms with Crippen molar-refractivity contribution in [2.24, 2.45) is 7.05 Å². The van der Waals surface area contributed by atoms with Gasteiger partial charge >= 0.3 is 5.76 Å². The molecule has 1 N–H and O–H groups in total. The second-order valence-electron chi connectivity index (χ2n) is 5.65. The van der Waals surface area contributed by atoms with Crippen molar-refractivity contribution in [3.05, 3.63) is 62.5 Å². The molecule has 0 saturated carbocycles. The summed E-state index contributed by atoms with van der Waals surface area (Å²) in [5, 5.41) is 11.1. The first-order chi connectivity index (χ1) is 12.6. The molecule has 9 heteroatoms. The third kappa shape index (κ3) is 3.35. The number of nitrogens with one attached hydrogen (secondary N) is 1. The quantitative estimate of drug-likeness (QED) is 0.404. The highest BCUT2D eigenvalue weighted by Crippen LogP contribution is 2.21. The molecule has 1 aromatic carbocycles. The summed E-state index contributed by atoms with van der Waals surface area (Å²) in [4.78, 5) is 27.4. The summed E-state index contributed by atoms with van der Waals surface area (Å²) in [5.74, 6) is 0.489. The molecule has 0 unspecified atom stereocenters. The lowest BCUT2D eigenvalue weighted by Gasteiger charge is -2.03. The predicted octanol–water partition coefficient (Wildman–Crippen LogP) is 2.88. The minimum absolute atomic E-state index is 0.0662. The van der Waals surface area contributed by atoms with Crippen LogP contribution in [0.15, 0.2) is 50.1 Å². The first kappa shape index (κ1) is 16.8. The predicted molar refractivity (Wildman–Crippen MR) is 100 cm³/mol. The van der Waals surface area contributed by atoms with Gasteiger partial charge in [-0.15, -0.1) is 21.5 Å². The van der Waals surface area contributed by atoms with Crippen LogP contribution in [0.2, 0.25) is 0 Å². The van der Waals surface area contributed by atoms with Crippen molar-refractivity contribution < 1.29 is 9.21 Å². The van der Waals surface area contributed by atoms with Gasteiger partial charge in [0.1, 0.15) is 5.82 Å². The number of thioether (sulfide) groups is 1. The summed E-state index contributed by atoms with van der Waals surface area (Å²) in [6, 6.07) is 8.99. The second-order valence-corrected chi connectivity index (χ2v) is 7.63. The van der Waals surface area contributed by atoms with E-state index >= 15 is 0 Å². The Balaban J connectivity index is 1.45. The molecule has 26 heavy (non-hydrogen) atoms. The zero-order valence-electron chi connectivity index (χ0n) is 13.8. The van der Waals surface area contributed by atoms with Gasteiger partial charge in [0, 0.05) is 23.9 Å². The van der Waals surface area contributed by atoms with Gasteiger partial charge in [-0.3, -0.25) is 9.78 Å². The SMILES string of the molecule is Cn1c(Cc2cccs2)nnc1SCC(=O)c1ccc2[nH]c(=O)oc2c1. The molecule has 0 radical (unpaired) electrons. The molecule has 0 saturated heterocycles. The van der Waals surface area contributed by atoms with E-state index in [1.807, 2.05) is 23.1 Å². The third-order valence-electron chi connectivity index (χ3n) is 3.91.